The molecule has 0 bridgehead atoms. The van der Waals surface area contributed by atoms with Crippen LogP contribution in [0.2, 0.25) is 0 Å². The maximum Gasteiger partial charge on any atom is 0.106 e. The Morgan fingerprint density at radius 2 is 1.95 bits per heavy atom. The first-order valence-corrected chi connectivity index (χ1v) is 6.93. The molecule has 0 aliphatic rings. The Bertz CT molecular complexity index is 531. The number of nitrogens with one attached hydrogen (secondary N) is 1. The van der Waals surface area contributed by atoms with Gasteiger partial charge in [-0.25, -0.2) is 4.98 Å². The van der Waals surface area contributed by atoms with Gasteiger partial charge in [0.15, 0.2) is 0 Å². The zero-order chi connectivity index (χ0) is 13.7. The largest absolute Gasteiger partial charge is 0.382 e. The van der Waals surface area contributed by atoms with Crippen molar-refractivity contribution in [2.75, 3.05) is 19.0 Å². The summed E-state index contributed by atoms with van der Waals surface area (Å²) < 4.78 is 6.15. The standard InChI is InChI=1S/C15H17BrN2O/c1-11-13(8-9-15(16)17-11)18-14(10-19-2)12-6-4-3-5-7-12/h3-9,14,18H,10H2,1-2H3. The van der Waals surface area contributed by atoms with Crippen molar-refractivity contribution < 1.29 is 4.74 Å². The molecule has 100 valence electrons. The van der Waals surface area contributed by atoms with E-state index in [0.29, 0.717) is 6.61 Å². The zero-order valence-electron chi connectivity index (χ0n) is 11.1. The number of halogens is 1. The van der Waals surface area contributed by atoms with Crippen molar-refractivity contribution in [2.45, 2.75) is 13.0 Å². The van der Waals surface area contributed by atoms with E-state index < -0.39 is 0 Å². The monoisotopic (exact) mass is 320 g/mol. The zero-order valence-corrected chi connectivity index (χ0v) is 12.6. The summed E-state index contributed by atoms with van der Waals surface area (Å²) in [5.74, 6) is 0. The molecule has 0 saturated carbocycles. The first-order chi connectivity index (χ1) is 9.20. The summed E-state index contributed by atoms with van der Waals surface area (Å²) >= 11 is 3.37. The third-order valence-corrected chi connectivity index (χ3v) is 3.36. The summed E-state index contributed by atoms with van der Waals surface area (Å²) in [7, 11) is 1.71. The molecule has 0 spiro atoms. The predicted octanol–water partition coefficient (Wildman–Crippen LogP) is 3.95. The van der Waals surface area contributed by atoms with Crippen molar-refractivity contribution in [2.24, 2.45) is 0 Å². The fraction of sp³-hybridized carbons (Fsp3) is 0.267. The summed E-state index contributed by atoms with van der Waals surface area (Å²) in [5.41, 5.74) is 3.19. The fourth-order valence-corrected chi connectivity index (χ4v) is 2.34. The smallest absolute Gasteiger partial charge is 0.106 e. The van der Waals surface area contributed by atoms with Gasteiger partial charge in [0.05, 0.1) is 24.0 Å². The highest BCUT2D eigenvalue weighted by Gasteiger charge is 2.12. The molecule has 1 unspecified atom stereocenters. The summed E-state index contributed by atoms with van der Waals surface area (Å²) in [5, 5.41) is 3.48. The minimum absolute atomic E-state index is 0.118. The number of anilines is 1. The number of hydrogen-bond acceptors (Lipinski definition) is 3. The highest BCUT2D eigenvalue weighted by atomic mass is 79.9. The van der Waals surface area contributed by atoms with Gasteiger partial charge in [-0.2, -0.15) is 0 Å². The topological polar surface area (TPSA) is 34.1 Å². The number of nitrogens with zero attached hydrogens (tertiary/aromatic N) is 1. The highest BCUT2D eigenvalue weighted by molar-refractivity contribution is 9.10. The van der Waals surface area contributed by atoms with E-state index in [4.69, 9.17) is 4.74 Å². The third kappa shape index (κ3) is 3.78. The van der Waals surface area contributed by atoms with Gasteiger partial charge in [0.1, 0.15) is 4.60 Å². The summed E-state index contributed by atoms with van der Waals surface area (Å²) in [6.45, 7) is 2.60. The molecule has 0 aliphatic heterocycles. The molecule has 1 atom stereocenters. The number of pyridine rings is 1. The number of aromatic nitrogens is 1. The van der Waals surface area contributed by atoms with Gasteiger partial charge >= 0.3 is 0 Å². The minimum Gasteiger partial charge on any atom is -0.382 e. The first kappa shape index (κ1) is 14.0. The minimum atomic E-state index is 0.118. The van der Waals surface area contributed by atoms with Gasteiger partial charge in [0, 0.05) is 7.11 Å². The third-order valence-electron chi connectivity index (χ3n) is 2.92. The van der Waals surface area contributed by atoms with Crippen LogP contribution in [0.4, 0.5) is 5.69 Å². The van der Waals surface area contributed by atoms with Crippen LogP contribution in [0.1, 0.15) is 17.3 Å². The number of rotatable bonds is 5. The van der Waals surface area contributed by atoms with Gasteiger partial charge in [0.25, 0.3) is 0 Å². The Morgan fingerprint density at radius 1 is 1.21 bits per heavy atom. The Morgan fingerprint density at radius 3 is 2.58 bits per heavy atom. The number of aryl methyl sites for hydroxylation is 1. The summed E-state index contributed by atoms with van der Waals surface area (Å²) in [4.78, 5) is 4.39. The van der Waals surface area contributed by atoms with Crippen LogP contribution in [-0.2, 0) is 4.74 Å². The van der Waals surface area contributed by atoms with E-state index in [1.165, 1.54) is 5.56 Å². The van der Waals surface area contributed by atoms with Crippen molar-refractivity contribution in [1.29, 1.82) is 0 Å². The fourth-order valence-electron chi connectivity index (χ4n) is 1.94. The average molecular weight is 321 g/mol. The van der Waals surface area contributed by atoms with Gasteiger partial charge in [-0.05, 0) is 40.5 Å². The van der Waals surface area contributed by atoms with Crippen LogP contribution < -0.4 is 5.32 Å². The van der Waals surface area contributed by atoms with E-state index in [2.05, 4.69) is 38.4 Å². The molecular formula is C15H17BrN2O. The van der Waals surface area contributed by atoms with Gasteiger partial charge < -0.3 is 10.1 Å². The number of benzene rings is 1. The molecule has 1 aromatic heterocycles. The molecule has 0 saturated heterocycles. The molecule has 4 heteroatoms. The second-order valence-corrected chi connectivity index (χ2v) is 5.14. The molecule has 2 aromatic rings. The average Bonchev–Trinajstić information content (AvgIpc) is 2.42. The van der Waals surface area contributed by atoms with Crippen LogP contribution in [0, 0.1) is 6.92 Å². The predicted molar refractivity (Wildman–Crippen MR) is 81.4 cm³/mol. The highest BCUT2D eigenvalue weighted by Crippen LogP contribution is 2.23. The Balaban J connectivity index is 2.21. The van der Waals surface area contributed by atoms with E-state index in [-0.39, 0.29) is 6.04 Å². The second-order valence-electron chi connectivity index (χ2n) is 4.33. The molecule has 0 aliphatic carbocycles. The van der Waals surface area contributed by atoms with E-state index in [0.717, 1.165) is 16.0 Å². The van der Waals surface area contributed by atoms with Crippen LogP contribution in [-0.4, -0.2) is 18.7 Å². The van der Waals surface area contributed by atoms with Gasteiger partial charge in [-0.15, -0.1) is 0 Å². The van der Waals surface area contributed by atoms with Crippen molar-refractivity contribution in [3.8, 4) is 0 Å². The van der Waals surface area contributed by atoms with Gasteiger partial charge in [-0.3, -0.25) is 0 Å². The van der Waals surface area contributed by atoms with Crippen molar-refractivity contribution in [3.05, 3.63) is 58.3 Å². The molecule has 1 aromatic carbocycles. The van der Waals surface area contributed by atoms with Crippen LogP contribution >= 0.6 is 15.9 Å². The quantitative estimate of drug-likeness (QED) is 0.847. The Labute approximate surface area is 122 Å². The lowest BCUT2D eigenvalue weighted by Crippen LogP contribution is -2.17. The molecule has 1 N–H and O–H groups in total. The first-order valence-electron chi connectivity index (χ1n) is 6.14. The van der Waals surface area contributed by atoms with Crippen LogP contribution in [0.5, 0.6) is 0 Å². The van der Waals surface area contributed by atoms with Crippen molar-refractivity contribution >= 4 is 21.6 Å². The molecule has 19 heavy (non-hydrogen) atoms. The van der Waals surface area contributed by atoms with E-state index in [9.17, 15) is 0 Å². The summed E-state index contributed by atoms with van der Waals surface area (Å²) in [6, 6.07) is 14.4. The van der Waals surface area contributed by atoms with E-state index in [1.807, 2.05) is 37.3 Å². The maximum absolute atomic E-state index is 5.30. The number of hydrogen-bond donors (Lipinski definition) is 1. The normalized spacial score (nSPS) is 12.2. The van der Waals surface area contributed by atoms with Crippen molar-refractivity contribution in [1.82, 2.24) is 4.98 Å². The van der Waals surface area contributed by atoms with Gasteiger partial charge in [-0.1, -0.05) is 30.3 Å². The lowest BCUT2D eigenvalue weighted by atomic mass is 10.1. The molecule has 2 rings (SSSR count). The Kier molecular flexibility index (Phi) is 4.93. The van der Waals surface area contributed by atoms with Crippen LogP contribution in [0.15, 0.2) is 47.1 Å². The van der Waals surface area contributed by atoms with Crippen LogP contribution in [0.25, 0.3) is 0 Å². The van der Waals surface area contributed by atoms with E-state index >= 15 is 0 Å². The molecule has 0 fully saturated rings. The number of methoxy groups -OCH3 is 1. The van der Waals surface area contributed by atoms with E-state index in [1.54, 1.807) is 7.11 Å². The molecule has 3 nitrogen and oxygen atoms in total. The Hall–Kier alpha value is -1.39. The SMILES string of the molecule is COCC(Nc1ccc(Br)nc1C)c1ccccc1. The summed E-state index contributed by atoms with van der Waals surface area (Å²) in [6.07, 6.45) is 0. The van der Waals surface area contributed by atoms with Crippen LogP contribution in [0.3, 0.4) is 0 Å². The number of ether oxygens (including phenoxy) is 1. The molecule has 0 radical (unpaired) electrons. The second kappa shape index (κ2) is 6.68. The van der Waals surface area contributed by atoms with Gasteiger partial charge in [0.2, 0.25) is 0 Å². The molecular weight excluding hydrogens is 304 g/mol. The maximum atomic E-state index is 5.30. The lowest BCUT2D eigenvalue weighted by Gasteiger charge is -2.20. The van der Waals surface area contributed by atoms with Crippen molar-refractivity contribution in [3.63, 3.8) is 0 Å². The molecule has 0 amide bonds. The molecule has 1 heterocycles. The lowest BCUT2D eigenvalue weighted by molar-refractivity contribution is 0.186.